The highest BCUT2D eigenvalue weighted by Crippen LogP contribution is 2.37. The Hall–Kier alpha value is -3.19. The first-order valence-electron chi connectivity index (χ1n) is 11.3. The maximum Gasteiger partial charge on any atom is 0.321 e. The topological polar surface area (TPSA) is 83.6 Å². The van der Waals surface area contributed by atoms with E-state index in [1.165, 1.54) is 0 Å². The summed E-state index contributed by atoms with van der Waals surface area (Å²) in [6.07, 6.45) is 2.20. The number of halogens is 2. The quantitative estimate of drug-likeness (QED) is 0.221. The van der Waals surface area contributed by atoms with E-state index in [0.29, 0.717) is 41.1 Å². The Morgan fingerprint density at radius 3 is 2.66 bits per heavy atom. The maximum absolute atomic E-state index is 12.0. The Balaban J connectivity index is 1.47. The number of aliphatic carboxylic acids is 1. The average molecular weight is 513 g/mol. The number of aromatic nitrogens is 1. The lowest BCUT2D eigenvalue weighted by Crippen LogP contribution is -2.38. The van der Waals surface area contributed by atoms with Gasteiger partial charge < -0.3 is 24.9 Å². The molecule has 0 bridgehead atoms. The summed E-state index contributed by atoms with van der Waals surface area (Å²) in [5.74, 6) is 0.0148. The smallest absolute Gasteiger partial charge is 0.321 e. The van der Waals surface area contributed by atoms with E-state index in [1.54, 1.807) is 12.1 Å². The third-order valence-electron chi connectivity index (χ3n) is 5.59. The average Bonchev–Trinajstić information content (AvgIpc) is 3.24. The molecule has 3 N–H and O–H groups in total. The molecule has 0 aliphatic rings. The summed E-state index contributed by atoms with van der Waals surface area (Å²) in [5.41, 5.74) is 3.62. The highest BCUT2D eigenvalue weighted by Gasteiger charge is 2.20. The van der Waals surface area contributed by atoms with Gasteiger partial charge in [0, 0.05) is 35.1 Å². The molecule has 6 nitrogen and oxygen atoms in total. The molecule has 0 aliphatic carbocycles. The molecule has 4 aromatic rings. The molecule has 4 rings (SSSR count). The number of benzene rings is 3. The number of para-hydroxylation sites is 1. The Bertz CT molecular complexity index is 1320. The van der Waals surface area contributed by atoms with E-state index >= 15 is 0 Å². The lowest BCUT2D eigenvalue weighted by Gasteiger charge is -2.18. The maximum atomic E-state index is 12.0. The third kappa shape index (κ3) is 6.28. The van der Waals surface area contributed by atoms with Crippen molar-refractivity contribution < 1.29 is 19.4 Å². The van der Waals surface area contributed by atoms with Crippen LogP contribution >= 0.6 is 23.2 Å². The first-order chi connectivity index (χ1) is 16.9. The van der Waals surface area contributed by atoms with Crippen LogP contribution in [0.25, 0.3) is 10.9 Å². The zero-order valence-electron chi connectivity index (χ0n) is 19.2. The summed E-state index contributed by atoms with van der Waals surface area (Å²) in [6.45, 7) is 2.89. The first-order valence-corrected chi connectivity index (χ1v) is 12.0. The Morgan fingerprint density at radius 2 is 1.89 bits per heavy atom. The van der Waals surface area contributed by atoms with Gasteiger partial charge in [0.15, 0.2) is 11.5 Å². The number of carboxylic acids is 1. The van der Waals surface area contributed by atoms with Gasteiger partial charge in [-0.15, -0.1) is 0 Å². The van der Waals surface area contributed by atoms with Crippen LogP contribution in [0.5, 0.6) is 11.5 Å². The summed E-state index contributed by atoms with van der Waals surface area (Å²) in [7, 11) is 0. The van der Waals surface area contributed by atoms with E-state index in [1.807, 2.05) is 61.7 Å². The molecule has 35 heavy (non-hydrogen) atoms. The van der Waals surface area contributed by atoms with Crippen LogP contribution in [0.4, 0.5) is 0 Å². The lowest BCUT2D eigenvalue weighted by atomic mass is 10.0. The van der Waals surface area contributed by atoms with Gasteiger partial charge in [-0.05, 0) is 53.9 Å². The number of carboxylic acid groups (broad SMARTS) is 1. The van der Waals surface area contributed by atoms with Gasteiger partial charge in [-0.2, -0.15) is 0 Å². The van der Waals surface area contributed by atoms with Gasteiger partial charge in [0.25, 0.3) is 0 Å². The number of carbonyl (C=O) groups is 1. The summed E-state index contributed by atoms with van der Waals surface area (Å²) in [5, 5.41) is 15.0. The number of H-pyrrole nitrogens is 1. The van der Waals surface area contributed by atoms with E-state index in [0.717, 1.165) is 27.6 Å². The van der Waals surface area contributed by atoms with Gasteiger partial charge in [0.05, 0.1) is 11.6 Å². The number of rotatable bonds is 11. The molecule has 8 heteroatoms. The number of ether oxygens (including phenoxy) is 2. The molecule has 0 aliphatic heterocycles. The zero-order chi connectivity index (χ0) is 24.8. The van der Waals surface area contributed by atoms with Crippen molar-refractivity contribution in [3.05, 3.63) is 93.6 Å². The molecule has 0 saturated carbocycles. The fourth-order valence-corrected chi connectivity index (χ4v) is 4.42. The van der Waals surface area contributed by atoms with Crippen LogP contribution < -0.4 is 14.8 Å². The van der Waals surface area contributed by atoms with E-state index in [4.69, 9.17) is 32.7 Å². The van der Waals surface area contributed by atoms with Gasteiger partial charge in [-0.1, -0.05) is 53.5 Å². The highest BCUT2D eigenvalue weighted by atomic mass is 35.5. The molecule has 1 heterocycles. The molecule has 3 aromatic carbocycles. The highest BCUT2D eigenvalue weighted by molar-refractivity contribution is 6.32. The third-order valence-corrected chi connectivity index (χ3v) is 6.11. The molecule has 0 unspecified atom stereocenters. The fourth-order valence-electron chi connectivity index (χ4n) is 3.92. The number of fused-ring (bicyclic) bond motifs is 1. The molecule has 0 fully saturated rings. The van der Waals surface area contributed by atoms with E-state index in [9.17, 15) is 9.90 Å². The normalized spacial score (nSPS) is 12.0. The molecule has 0 spiro atoms. The van der Waals surface area contributed by atoms with E-state index < -0.39 is 12.0 Å². The van der Waals surface area contributed by atoms with Crippen LogP contribution in [0.3, 0.4) is 0 Å². The largest absolute Gasteiger partial charge is 0.490 e. The minimum Gasteiger partial charge on any atom is -0.490 e. The number of hydrogen-bond donors (Lipinski definition) is 3. The van der Waals surface area contributed by atoms with Gasteiger partial charge >= 0.3 is 5.97 Å². The van der Waals surface area contributed by atoms with Crippen LogP contribution in [0, 0.1) is 0 Å². The predicted molar refractivity (Wildman–Crippen MR) is 139 cm³/mol. The van der Waals surface area contributed by atoms with Crippen molar-refractivity contribution in [2.45, 2.75) is 32.5 Å². The van der Waals surface area contributed by atoms with Crippen LogP contribution in [0.15, 0.2) is 66.9 Å². The molecular formula is C27H26Cl2N2O4. The van der Waals surface area contributed by atoms with Crippen molar-refractivity contribution >= 4 is 40.1 Å². The SMILES string of the molecule is CCOc1cc(CN[C@@H](Cc2c[nH]c3ccccc23)C(=O)O)cc(Cl)c1OCc1cccc(Cl)c1. The van der Waals surface area contributed by atoms with E-state index in [2.05, 4.69) is 10.3 Å². The van der Waals surface area contributed by atoms with Crippen LogP contribution in [-0.2, 0) is 24.4 Å². The van der Waals surface area contributed by atoms with Gasteiger partial charge in [-0.25, -0.2) is 0 Å². The molecule has 0 amide bonds. The minimum atomic E-state index is -0.923. The molecule has 182 valence electrons. The second kappa shape index (κ2) is 11.5. The lowest BCUT2D eigenvalue weighted by molar-refractivity contribution is -0.139. The Kier molecular flexibility index (Phi) is 8.18. The van der Waals surface area contributed by atoms with Gasteiger partial charge in [-0.3, -0.25) is 4.79 Å². The zero-order valence-corrected chi connectivity index (χ0v) is 20.7. The van der Waals surface area contributed by atoms with Crippen molar-refractivity contribution in [2.24, 2.45) is 0 Å². The second-order valence-electron chi connectivity index (χ2n) is 8.09. The van der Waals surface area contributed by atoms with E-state index in [-0.39, 0.29) is 6.61 Å². The second-order valence-corrected chi connectivity index (χ2v) is 8.94. The fraction of sp³-hybridized carbons (Fsp3) is 0.222. The molecule has 0 radical (unpaired) electrons. The Labute approximate surface area is 213 Å². The van der Waals surface area contributed by atoms with Crippen molar-refractivity contribution in [3.8, 4) is 11.5 Å². The van der Waals surface area contributed by atoms with Crippen LogP contribution in [-0.4, -0.2) is 28.7 Å². The van der Waals surface area contributed by atoms with Crippen molar-refractivity contribution in [1.29, 1.82) is 0 Å². The number of nitrogens with one attached hydrogen (secondary N) is 2. The summed E-state index contributed by atoms with van der Waals surface area (Å²) < 4.78 is 11.7. The van der Waals surface area contributed by atoms with Crippen molar-refractivity contribution in [3.63, 3.8) is 0 Å². The summed E-state index contributed by atoms with van der Waals surface area (Å²) >= 11 is 12.6. The molecular weight excluding hydrogens is 487 g/mol. The Morgan fingerprint density at radius 1 is 1.06 bits per heavy atom. The van der Waals surface area contributed by atoms with Crippen LogP contribution in [0.2, 0.25) is 10.0 Å². The van der Waals surface area contributed by atoms with Crippen molar-refractivity contribution in [1.82, 2.24) is 10.3 Å². The predicted octanol–water partition coefficient (Wildman–Crippen LogP) is 6.24. The van der Waals surface area contributed by atoms with Crippen LogP contribution in [0.1, 0.15) is 23.6 Å². The molecule has 1 atom stereocenters. The number of hydrogen-bond acceptors (Lipinski definition) is 4. The minimum absolute atomic E-state index is 0.281. The standard InChI is InChI=1S/C27H26Cl2N2O4/c1-2-34-25-12-18(11-22(29)26(25)35-16-17-6-5-7-20(28)10-17)14-30-24(27(32)33)13-19-15-31-23-9-4-3-8-21(19)23/h3-12,15,24,30-31H,2,13-14,16H2,1H3,(H,32,33)/t24-/m0/s1. The summed E-state index contributed by atoms with van der Waals surface area (Å²) in [6, 6.07) is 18.0. The summed E-state index contributed by atoms with van der Waals surface area (Å²) in [4.78, 5) is 15.2. The monoisotopic (exact) mass is 512 g/mol. The van der Waals surface area contributed by atoms with Gasteiger partial charge in [0.2, 0.25) is 0 Å². The number of aromatic amines is 1. The van der Waals surface area contributed by atoms with Crippen molar-refractivity contribution in [2.75, 3.05) is 6.61 Å². The van der Waals surface area contributed by atoms with Gasteiger partial charge in [0.1, 0.15) is 12.6 Å². The first kappa shape index (κ1) is 24.9. The molecule has 0 saturated heterocycles. The molecule has 1 aromatic heterocycles.